The van der Waals surface area contributed by atoms with Gasteiger partial charge >= 0.3 is 0 Å². The molecular formula is C22H16Si. The molecule has 0 nitrogen and oxygen atoms in total. The highest BCUT2D eigenvalue weighted by atomic mass is 28.2. The van der Waals surface area contributed by atoms with Gasteiger partial charge in [0.25, 0.3) is 0 Å². The second-order valence-electron chi connectivity index (χ2n) is 6.21. The average molecular weight is 308 g/mol. The SMILES string of the molecule is C1=C[SiH2]C(c2cccc3ccc4cc5ccccc5cc4c23)=C1. The first-order valence-electron chi connectivity index (χ1n) is 8.10. The van der Waals surface area contributed by atoms with Crippen molar-refractivity contribution >= 4 is 47.0 Å². The molecule has 0 fully saturated rings. The molecule has 108 valence electrons. The molecule has 4 aromatic rings. The van der Waals surface area contributed by atoms with Crippen LogP contribution in [-0.4, -0.2) is 9.52 Å². The molecule has 0 unspecified atom stereocenters. The Morgan fingerprint density at radius 1 is 0.652 bits per heavy atom. The van der Waals surface area contributed by atoms with Crippen molar-refractivity contribution in [1.82, 2.24) is 0 Å². The minimum Gasteiger partial charge on any atom is -0.0961 e. The van der Waals surface area contributed by atoms with Crippen LogP contribution in [-0.2, 0) is 0 Å². The van der Waals surface area contributed by atoms with Crippen molar-refractivity contribution < 1.29 is 0 Å². The summed E-state index contributed by atoms with van der Waals surface area (Å²) in [6, 6.07) is 24.6. The van der Waals surface area contributed by atoms with Gasteiger partial charge in [-0.05, 0) is 50.0 Å². The van der Waals surface area contributed by atoms with E-state index in [2.05, 4.69) is 84.6 Å². The molecule has 5 rings (SSSR count). The number of fused-ring (bicyclic) bond motifs is 4. The molecule has 0 spiro atoms. The van der Waals surface area contributed by atoms with Crippen LogP contribution in [0.1, 0.15) is 5.56 Å². The highest BCUT2D eigenvalue weighted by molar-refractivity contribution is 6.67. The molecule has 0 saturated carbocycles. The van der Waals surface area contributed by atoms with Crippen molar-refractivity contribution in [2.75, 3.05) is 0 Å². The van der Waals surface area contributed by atoms with Crippen LogP contribution in [0, 0.1) is 0 Å². The van der Waals surface area contributed by atoms with Gasteiger partial charge in [0.2, 0.25) is 0 Å². The minimum absolute atomic E-state index is 0.256. The van der Waals surface area contributed by atoms with Crippen LogP contribution in [0.2, 0.25) is 0 Å². The van der Waals surface area contributed by atoms with Crippen molar-refractivity contribution in [1.29, 1.82) is 0 Å². The summed E-state index contributed by atoms with van der Waals surface area (Å²) in [5.74, 6) is 0. The predicted molar refractivity (Wildman–Crippen MR) is 105 cm³/mol. The Morgan fingerprint density at radius 2 is 1.43 bits per heavy atom. The monoisotopic (exact) mass is 308 g/mol. The normalized spacial score (nSPS) is 15.0. The van der Waals surface area contributed by atoms with Crippen LogP contribution in [0.4, 0.5) is 0 Å². The molecule has 0 atom stereocenters. The van der Waals surface area contributed by atoms with Crippen molar-refractivity contribution in [2.45, 2.75) is 0 Å². The number of hydrogen-bond acceptors (Lipinski definition) is 0. The summed E-state index contributed by atoms with van der Waals surface area (Å²) in [6.07, 6.45) is 4.53. The van der Waals surface area contributed by atoms with Crippen molar-refractivity contribution in [3.63, 3.8) is 0 Å². The van der Waals surface area contributed by atoms with Gasteiger partial charge in [0.15, 0.2) is 0 Å². The maximum Gasteiger partial charge on any atom is 0.0791 e. The summed E-state index contributed by atoms with van der Waals surface area (Å²) < 4.78 is 0. The first-order chi connectivity index (χ1) is 11.4. The predicted octanol–water partition coefficient (Wildman–Crippen LogP) is 5.18. The van der Waals surface area contributed by atoms with E-state index in [-0.39, 0.29) is 9.52 Å². The third-order valence-electron chi connectivity index (χ3n) is 4.84. The van der Waals surface area contributed by atoms with Crippen LogP contribution in [0.15, 0.2) is 84.6 Å². The zero-order valence-electron chi connectivity index (χ0n) is 12.8. The number of rotatable bonds is 1. The van der Waals surface area contributed by atoms with E-state index in [9.17, 15) is 0 Å². The molecule has 0 radical (unpaired) electrons. The topological polar surface area (TPSA) is 0 Å². The van der Waals surface area contributed by atoms with Crippen LogP contribution < -0.4 is 0 Å². The molecule has 0 saturated heterocycles. The number of allylic oxidation sites excluding steroid dienone is 2. The van der Waals surface area contributed by atoms with E-state index in [1.807, 2.05) is 0 Å². The summed E-state index contributed by atoms with van der Waals surface area (Å²) in [7, 11) is -0.256. The fraction of sp³-hybridized carbons (Fsp3) is 0. The molecular weight excluding hydrogens is 292 g/mol. The summed E-state index contributed by atoms with van der Waals surface area (Å²) >= 11 is 0. The van der Waals surface area contributed by atoms with E-state index in [0.717, 1.165) is 0 Å². The van der Waals surface area contributed by atoms with E-state index in [1.54, 1.807) is 5.20 Å². The molecule has 0 N–H and O–H groups in total. The molecule has 4 aromatic carbocycles. The first kappa shape index (κ1) is 12.9. The van der Waals surface area contributed by atoms with Gasteiger partial charge in [-0.2, -0.15) is 0 Å². The lowest BCUT2D eigenvalue weighted by atomic mass is 9.95. The number of hydrogen-bond donors (Lipinski definition) is 0. The van der Waals surface area contributed by atoms with E-state index < -0.39 is 0 Å². The van der Waals surface area contributed by atoms with Crippen LogP contribution >= 0.6 is 0 Å². The highest BCUT2D eigenvalue weighted by Gasteiger charge is 2.11. The van der Waals surface area contributed by atoms with Crippen molar-refractivity contribution in [3.05, 3.63) is 90.1 Å². The Bertz CT molecular complexity index is 1130. The Kier molecular flexibility index (Phi) is 2.76. The summed E-state index contributed by atoms with van der Waals surface area (Å²) in [5, 5.41) is 9.64. The van der Waals surface area contributed by atoms with Crippen LogP contribution in [0.25, 0.3) is 37.5 Å². The van der Waals surface area contributed by atoms with Crippen molar-refractivity contribution in [3.8, 4) is 0 Å². The fourth-order valence-corrected chi connectivity index (χ4v) is 5.03. The van der Waals surface area contributed by atoms with E-state index in [0.29, 0.717) is 0 Å². The number of benzene rings is 4. The van der Waals surface area contributed by atoms with E-state index in [4.69, 9.17) is 0 Å². The average Bonchev–Trinajstić information content (AvgIpc) is 3.14. The third kappa shape index (κ3) is 1.97. The van der Waals surface area contributed by atoms with Gasteiger partial charge in [-0.3, -0.25) is 0 Å². The van der Waals surface area contributed by atoms with Crippen molar-refractivity contribution in [2.24, 2.45) is 0 Å². The standard InChI is InChI=1S/C22H16Si/c1-2-6-17-14-20-18(13-16(17)5-1)11-10-15-7-3-8-19(22(15)20)21-9-4-12-23-21/h1-14H,23H2. The molecule has 1 heterocycles. The minimum atomic E-state index is -0.256. The molecule has 0 amide bonds. The van der Waals surface area contributed by atoms with Gasteiger partial charge in [-0.1, -0.05) is 77.6 Å². The zero-order valence-corrected chi connectivity index (χ0v) is 14.2. The van der Waals surface area contributed by atoms with Gasteiger partial charge in [0, 0.05) is 0 Å². The lowest BCUT2D eigenvalue weighted by Gasteiger charge is -2.12. The summed E-state index contributed by atoms with van der Waals surface area (Å²) in [6.45, 7) is 0. The lowest BCUT2D eigenvalue weighted by molar-refractivity contribution is 1.73. The second kappa shape index (κ2) is 4.93. The molecule has 0 aliphatic carbocycles. The Hall–Kier alpha value is -2.64. The zero-order chi connectivity index (χ0) is 15.2. The molecule has 1 aliphatic heterocycles. The third-order valence-corrected chi connectivity index (χ3v) is 6.41. The molecule has 0 bridgehead atoms. The van der Waals surface area contributed by atoms with Gasteiger partial charge < -0.3 is 0 Å². The molecule has 1 heteroatoms. The summed E-state index contributed by atoms with van der Waals surface area (Å²) in [5.41, 5.74) is 3.80. The lowest BCUT2D eigenvalue weighted by Crippen LogP contribution is -1.92. The van der Waals surface area contributed by atoms with Gasteiger partial charge in [0.1, 0.15) is 0 Å². The van der Waals surface area contributed by atoms with E-state index >= 15 is 0 Å². The van der Waals surface area contributed by atoms with Gasteiger partial charge in [0.05, 0.1) is 9.52 Å². The smallest absolute Gasteiger partial charge is 0.0791 e. The Balaban J connectivity index is 1.95. The maximum absolute atomic E-state index is 2.37. The van der Waals surface area contributed by atoms with Crippen LogP contribution in [0.3, 0.4) is 0 Å². The summed E-state index contributed by atoms with van der Waals surface area (Å²) in [4.78, 5) is 0. The van der Waals surface area contributed by atoms with E-state index in [1.165, 1.54) is 37.9 Å². The second-order valence-corrected chi connectivity index (χ2v) is 7.86. The maximum atomic E-state index is 2.37. The quantitative estimate of drug-likeness (QED) is 0.258. The Labute approximate surface area is 137 Å². The first-order valence-corrected chi connectivity index (χ1v) is 9.63. The molecule has 1 aliphatic rings. The molecule has 0 aromatic heterocycles. The largest absolute Gasteiger partial charge is 0.0961 e. The van der Waals surface area contributed by atoms with Gasteiger partial charge in [-0.15, -0.1) is 0 Å². The molecule has 23 heavy (non-hydrogen) atoms. The van der Waals surface area contributed by atoms with Gasteiger partial charge in [-0.25, -0.2) is 0 Å². The fourth-order valence-electron chi connectivity index (χ4n) is 3.72. The highest BCUT2D eigenvalue weighted by Crippen LogP contribution is 2.34. The Morgan fingerprint density at radius 3 is 2.26 bits per heavy atom. The van der Waals surface area contributed by atoms with Crippen LogP contribution in [0.5, 0.6) is 0 Å².